The number of fused-ring (bicyclic) bond motifs is 1. The topological polar surface area (TPSA) is 127 Å². The second kappa shape index (κ2) is 11.8. The number of amides is 2. The van der Waals surface area contributed by atoms with Gasteiger partial charge in [-0.3, -0.25) is 14.7 Å². The van der Waals surface area contributed by atoms with Gasteiger partial charge in [-0.25, -0.2) is 4.68 Å². The van der Waals surface area contributed by atoms with Crippen molar-refractivity contribution < 1.29 is 14.3 Å². The Labute approximate surface area is 225 Å². The molecule has 0 bridgehead atoms. The molecule has 0 spiro atoms. The highest BCUT2D eigenvalue weighted by Crippen LogP contribution is 2.31. The summed E-state index contributed by atoms with van der Waals surface area (Å²) in [5, 5.41) is 22.8. The molecule has 2 atom stereocenters. The lowest BCUT2D eigenvalue weighted by Gasteiger charge is -2.29. The number of aromatic nitrogens is 5. The molecule has 1 saturated carbocycles. The summed E-state index contributed by atoms with van der Waals surface area (Å²) in [7, 11) is 1.73. The number of hydrogen-bond donors (Lipinski definition) is 4. The normalized spacial score (nSPS) is 17.4. The van der Waals surface area contributed by atoms with E-state index in [0.717, 1.165) is 36.6 Å². The Balaban J connectivity index is 1.36. The van der Waals surface area contributed by atoms with Crippen molar-refractivity contribution in [3.05, 3.63) is 59.9 Å². The van der Waals surface area contributed by atoms with Crippen molar-refractivity contribution in [3.63, 3.8) is 0 Å². The van der Waals surface area contributed by atoms with Crippen molar-refractivity contribution in [2.45, 2.75) is 50.8 Å². The van der Waals surface area contributed by atoms with Gasteiger partial charge in [0.15, 0.2) is 0 Å². The van der Waals surface area contributed by atoms with Crippen LogP contribution >= 0.6 is 12.6 Å². The Kier molecular flexibility index (Phi) is 8.04. The fourth-order valence-electron chi connectivity index (χ4n) is 4.96. The Morgan fingerprint density at radius 1 is 1.18 bits per heavy atom. The molecule has 2 aromatic carbocycles. The van der Waals surface area contributed by atoms with Crippen LogP contribution in [0.3, 0.4) is 0 Å². The van der Waals surface area contributed by atoms with Crippen LogP contribution in [0.25, 0.3) is 22.2 Å². The molecule has 10 nitrogen and oxygen atoms in total. The van der Waals surface area contributed by atoms with E-state index in [1.807, 2.05) is 41.2 Å². The second-order valence-corrected chi connectivity index (χ2v) is 9.88. The Hall–Kier alpha value is -3.70. The predicted molar refractivity (Wildman–Crippen MR) is 148 cm³/mol. The smallest absolute Gasteiger partial charge is 0.251 e. The first-order valence-corrected chi connectivity index (χ1v) is 13.4. The number of rotatable bonds is 9. The number of ether oxygens (including phenoxy) is 1. The van der Waals surface area contributed by atoms with E-state index >= 15 is 0 Å². The standard InChI is InChI=1S/C27H31N7O3S/c1-37-24-9-5-4-8-23(24)34-16-20(30-33-34)15-28-27(36)18-12-17(13-19(14-18)29-25(35)10-11-38)26-21-6-2-3-7-22(21)31-32-26/h2-3,6-7,12-14,16,23-24,38H,4-5,8-11,15H2,1H3,(H,28,36)(H,29,35)(H,31,32)/t23-,24-/m1/s1. The first kappa shape index (κ1) is 25.9. The second-order valence-electron chi connectivity index (χ2n) is 9.44. The van der Waals surface area contributed by atoms with E-state index in [1.165, 1.54) is 0 Å². The number of benzene rings is 2. The van der Waals surface area contributed by atoms with Gasteiger partial charge >= 0.3 is 0 Å². The minimum absolute atomic E-state index is 0.116. The summed E-state index contributed by atoms with van der Waals surface area (Å²) in [6.07, 6.45) is 6.52. The van der Waals surface area contributed by atoms with Crippen LogP contribution in [0, 0.1) is 0 Å². The third kappa shape index (κ3) is 5.73. The lowest BCUT2D eigenvalue weighted by Crippen LogP contribution is -2.29. The number of methoxy groups -OCH3 is 1. The fraction of sp³-hybridized carbons (Fsp3) is 0.370. The largest absolute Gasteiger partial charge is 0.379 e. The molecule has 0 unspecified atom stereocenters. The van der Waals surface area contributed by atoms with E-state index in [1.54, 1.807) is 19.2 Å². The van der Waals surface area contributed by atoms with Crippen LogP contribution in [0.15, 0.2) is 48.7 Å². The summed E-state index contributed by atoms with van der Waals surface area (Å²) in [5.74, 6) is -0.0438. The number of H-pyrrole nitrogens is 1. The monoisotopic (exact) mass is 533 g/mol. The summed E-state index contributed by atoms with van der Waals surface area (Å²) in [6, 6.07) is 13.2. The third-order valence-corrected chi connectivity index (χ3v) is 7.08. The molecular formula is C27H31N7O3S. The van der Waals surface area contributed by atoms with Gasteiger partial charge in [0.05, 0.1) is 36.1 Å². The SMILES string of the molecule is CO[C@@H]1CCCC[C@H]1n1cc(CNC(=O)c2cc(NC(=O)CCS)cc(-c3n[nH]c4ccccc34)c2)nn1. The molecule has 1 fully saturated rings. The molecule has 2 amide bonds. The maximum atomic E-state index is 13.2. The molecular weight excluding hydrogens is 502 g/mol. The molecule has 2 heterocycles. The minimum Gasteiger partial charge on any atom is -0.379 e. The van der Waals surface area contributed by atoms with Crippen LogP contribution in [0.1, 0.15) is 54.2 Å². The molecule has 5 rings (SSSR count). The molecule has 0 radical (unpaired) electrons. The van der Waals surface area contributed by atoms with Gasteiger partial charge in [-0.2, -0.15) is 17.7 Å². The van der Waals surface area contributed by atoms with E-state index in [-0.39, 0.29) is 36.9 Å². The summed E-state index contributed by atoms with van der Waals surface area (Å²) in [4.78, 5) is 25.5. The zero-order valence-corrected chi connectivity index (χ0v) is 22.1. The van der Waals surface area contributed by atoms with Gasteiger partial charge in [-0.05, 0) is 42.9 Å². The van der Waals surface area contributed by atoms with Gasteiger partial charge in [0.1, 0.15) is 5.69 Å². The zero-order chi connectivity index (χ0) is 26.5. The fourth-order valence-corrected chi connectivity index (χ4v) is 5.16. The average Bonchev–Trinajstić information content (AvgIpc) is 3.59. The molecule has 0 aliphatic heterocycles. The molecule has 4 aromatic rings. The highest BCUT2D eigenvalue weighted by molar-refractivity contribution is 7.80. The lowest BCUT2D eigenvalue weighted by molar-refractivity contribution is -0.115. The maximum absolute atomic E-state index is 13.2. The number of nitrogens with zero attached hydrogens (tertiary/aromatic N) is 4. The van der Waals surface area contributed by atoms with Crippen LogP contribution in [0.4, 0.5) is 5.69 Å². The highest BCUT2D eigenvalue weighted by Gasteiger charge is 2.27. The lowest BCUT2D eigenvalue weighted by atomic mass is 9.92. The number of aromatic amines is 1. The molecule has 11 heteroatoms. The summed E-state index contributed by atoms with van der Waals surface area (Å²) < 4.78 is 7.50. The Morgan fingerprint density at radius 3 is 2.87 bits per heavy atom. The summed E-state index contributed by atoms with van der Waals surface area (Å²) in [5.41, 5.74) is 3.87. The van der Waals surface area contributed by atoms with Crippen LogP contribution in [0.5, 0.6) is 0 Å². The molecule has 1 aliphatic carbocycles. The van der Waals surface area contributed by atoms with Crippen molar-refractivity contribution in [3.8, 4) is 11.3 Å². The van der Waals surface area contributed by atoms with Crippen molar-refractivity contribution in [1.82, 2.24) is 30.5 Å². The van der Waals surface area contributed by atoms with Crippen LogP contribution < -0.4 is 10.6 Å². The van der Waals surface area contributed by atoms with Gasteiger partial charge in [-0.1, -0.05) is 36.3 Å². The first-order valence-electron chi connectivity index (χ1n) is 12.8. The number of hydrogen-bond acceptors (Lipinski definition) is 7. The predicted octanol–water partition coefficient (Wildman–Crippen LogP) is 4.14. The minimum atomic E-state index is -0.293. The Bertz CT molecular complexity index is 1430. The van der Waals surface area contributed by atoms with Gasteiger partial charge < -0.3 is 15.4 Å². The average molecular weight is 534 g/mol. The molecule has 38 heavy (non-hydrogen) atoms. The summed E-state index contributed by atoms with van der Waals surface area (Å²) >= 11 is 4.14. The molecule has 3 N–H and O–H groups in total. The van der Waals surface area contributed by atoms with E-state index in [2.05, 4.69) is 43.8 Å². The van der Waals surface area contributed by atoms with Gasteiger partial charge in [0.2, 0.25) is 5.91 Å². The van der Waals surface area contributed by atoms with E-state index < -0.39 is 0 Å². The zero-order valence-electron chi connectivity index (χ0n) is 21.2. The maximum Gasteiger partial charge on any atom is 0.251 e. The number of para-hydroxylation sites is 1. The molecule has 0 saturated heterocycles. The van der Waals surface area contributed by atoms with E-state index in [4.69, 9.17) is 4.74 Å². The summed E-state index contributed by atoms with van der Waals surface area (Å²) in [6.45, 7) is 0.222. The Morgan fingerprint density at radius 2 is 2.03 bits per heavy atom. The quantitative estimate of drug-likeness (QED) is 0.240. The van der Waals surface area contributed by atoms with Crippen LogP contribution in [-0.2, 0) is 16.1 Å². The van der Waals surface area contributed by atoms with Crippen LogP contribution in [0.2, 0.25) is 0 Å². The number of carbonyl (C=O) groups excluding carboxylic acids is 2. The van der Waals surface area contributed by atoms with Gasteiger partial charge in [0, 0.05) is 35.7 Å². The van der Waals surface area contributed by atoms with Crippen LogP contribution in [-0.4, -0.2) is 56.0 Å². The third-order valence-electron chi connectivity index (χ3n) is 6.86. The highest BCUT2D eigenvalue weighted by atomic mass is 32.1. The van der Waals surface area contributed by atoms with Gasteiger partial charge in [0.25, 0.3) is 5.91 Å². The number of thiol groups is 1. The molecule has 198 valence electrons. The van der Waals surface area contributed by atoms with Crippen molar-refractivity contribution >= 4 is 41.0 Å². The van der Waals surface area contributed by atoms with E-state index in [9.17, 15) is 9.59 Å². The molecule has 2 aromatic heterocycles. The number of nitrogens with one attached hydrogen (secondary N) is 3. The number of anilines is 1. The van der Waals surface area contributed by atoms with Crippen molar-refractivity contribution in [2.24, 2.45) is 0 Å². The molecule has 1 aliphatic rings. The van der Waals surface area contributed by atoms with Crippen molar-refractivity contribution in [1.29, 1.82) is 0 Å². The number of carbonyl (C=O) groups is 2. The van der Waals surface area contributed by atoms with Gasteiger partial charge in [-0.15, -0.1) is 5.10 Å². The first-order chi connectivity index (χ1) is 18.6. The van der Waals surface area contributed by atoms with E-state index in [0.29, 0.717) is 34.0 Å². The van der Waals surface area contributed by atoms with Crippen molar-refractivity contribution in [2.75, 3.05) is 18.2 Å².